The maximum atomic E-state index is 11.4. The third-order valence-electron chi connectivity index (χ3n) is 2.35. The summed E-state index contributed by atoms with van der Waals surface area (Å²) in [7, 11) is -2.93. The Labute approximate surface area is 108 Å². The largest absolute Gasteiger partial charge is 0.494 e. The van der Waals surface area contributed by atoms with Gasteiger partial charge in [0.2, 0.25) is 0 Å². The zero-order valence-electron chi connectivity index (χ0n) is 10.4. The van der Waals surface area contributed by atoms with Gasteiger partial charge in [0.05, 0.1) is 24.0 Å². The molecule has 0 heterocycles. The Balaban J connectivity index is 2.36. The Morgan fingerprint density at radius 2 is 2.11 bits per heavy atom. The Morgan fingerprint density at radius 1 is 1.33 bits per heavy atom. The van der Waals surface area contributed by atoms with Gasteiger partial charge >= 0.3 is 0 Å². The Kier molecular flexibility index (Phi) is 5.66. The monoisotopic (exact) mass is 267 g/mol. The Bertz CT molecular complexity index is 517. The highest BCUT2D eigenvalue weighted by Gasteiger charge is 2.08. The molecule has 0 aliphatic carbocycles. The van der Waals surface area contributed by atoms with Crippen molar-refractivity contribution in [3.05, 3.63) is 29.8 Å². The minimum absolute atomic E-state index is 0.152. The second kappa shape index (κ2) is 7.02. The molecule has 1 aromatic rings. The summed E-state index contributed by atoms with van der Waals surface area (Å²) >= 11 is 0. The zero-order chi connectivity index (χ0) is 13.4. The molecule has 4 nitrogen and oxygen atoms in total. The van der Waals surface area contributed by atoms with Gasteiger partial charge in [-0.1, -0.05) is 13.0 Å². The lowest BCUT2D eigenvalue weighted by Gasteiger charge is -2.06. The van der Waals surface area contributed by atoms with E-state index in [2.05, 4.69) is 0 Å². The third-order valence-corrected chi connectivity index (χ3v) is 4.29. The normalized spacial score (nSPS) is 10.9. The molecule has 98 valence electrons. The molecule has 0 atom stereocenters. The number of rotatable bonds is 7. The number of benzene rings is 1. The minimum atomic E-state index is -2.93. The van der Waals surface area contributed by atoms with Crippen molar-refractivity contribution in [1.29, 1.82) is 5.26 Å². The highest BCUT2D eigenvalue weighted by atomic mass is 32.2. The predicted octanol–water partition coefficient (Wildman–Crippen LogP) is 2.15. The molecule has 0 amide bonds. The lowest BCUT2D eigenvalue weighted by atomic mass is 10.2. The average Bonchev–Trinajstić information content (AvgIpc) is 2.35. The van der Waals surface area contributed by atoms with E-state index in [1.54, 1.807) is 24.3 Å². The van der Waals surface area contributed by atoms with Crippen LogP contribution in [0.4, 0.5) is 0 Å². The average molecular weight is 267 g/mol. The van der Waals surface area contributed by atoms with Gasteiger partial charge in [-0.25, -0.2) is 8.42 Å². The summed E-state index contributed by atoms with van der Waals surface area (Å²) in [5, 5.41) is 8.71. The summed E-state index contributed by atoms with van der Waals surface area (Å²) in [4.78, 5) is 0. The fourth-order valence-corrected chi connectivity index (χ4v) is 2.92. The fraction of sp³-hybridized carbons (Fsp3) is 0.462. The number of hydrogen-bond acceptors (Lipinski definition) is 4. The van der Waals surface area contributed by atoms with Crippen LogP contribution in [0.3, 0.4) is 0 Å². The van der Waals surface area contributed by atoms with Gasteiger partial charge in [0.25, 0.3) is 0 Å². The molecule has 0 saturated heterocycles. The van der Waals surface area contributed by atoms with Crippen molar-refractivity contribution in [3.63, 3.8) is 0 Å². The van der Waals surface area contributed by atoms with Gasteiger partial charge in [-0.15, -0.1) is 0 Å². The SMILES string of the molecule is CCCS(=O)(=O)CCCOc1cccc(C#N)c1. The van der Waals surface area contributed by atoms with Gasteiger partial charge in [0.15, 0.2) is 0 Å². The Morgan fingerprint density at radius 3 is 2.78 bits per heavy atom. The number of hydrogen-bond donors (Lipinski definition) is 0. The second-order valence-corrected chi connectivity index (χ2v) is 6.30. The maximum absolute atomic E-state index is 11.4. The van der Waals surface area contributed by atoms with Crippen molar-refractivity contribution in [2.75, 3.05) is 18.1 Å². The van der Waals surface area contributed by atoms with Gasteiger partial charge in [-0.05, 0) is 31.0 Å². The van der Waals surface area contributed by atoms with Gasteiger partial charge < -0.3 is 4.74 Å². The van der Waals surface area contributed by atoms with E-state index in [-0.39, 0.29) is 11.5 Å². The molecule has 1 rings (SSSR count). The van der Waals surface area contributed by atoms with Crippen molar-refractivity contribution in [3.8, 4) is 11.8 Å². The van der Waals surface area contributed by atoms with Crippen LogP contribution in [0.1, 0.15) is 25.3 Å². The van der Waals surface area contributed by atoms with E-state index in [9.17, 15) is 8.42 Å². The quantitative estimate of drug-likeness (QED) is 0.710. The first-order valence-electron chi connectivity index (χ1n) is 5.91. The van der Waals surface area contributed by atoms with Crippen LogP contribution in [0.5, 0.6) is 5.75 Å². The molecule has 5 heteroatoms. The molecule has 0 N–H and O–H groups in total. The third kappa shape index (κ3) is 5.19. The van der Waals surface area contributed by atoms with Crippen LogP contribution in [-0.4, -0.2) is 26.5 Å². The Hall–Kier alpha value is -1.54. The summed E-state index contributed by atoms with van der Waals surface area (Å²) in [5.41, 5.74) is 0.533. The zero-order valence-corrected chi connectivity index (χ0v) is 11.2. The molecule has 0 aromatic heterocycles. The van der Waals surface area contributed by atoms with Crippen LogP contribution < -0.4 is 4.74 Å². The summed E-state index contributed by atoms with van der Waals surface area (Å²) in [6.45, 7) is 2.19. The van der Waals surface area contributed by atoms with Gasteiger partial charge in [0, 0.05) is 5.75 Å². The fourth-order valence-electron chi connectivity index (χ4n) is 1.54. The molecular formula is C13H17NO3S. The number of sulfone groups is 1. The van der Waals surface area contributed by atoms with Crippen molar-refractivity contribution in [1.82, 2.24) is 0 Å². The molecule has 1 aromatic carbocycles. The molecule has 0 unspecified atom stereocenters. The van der Waals surface area contributed by atoms with Crippen LogP contribution in [0, 0.1) is 11.3 Å². The summed E-state index contributed by atoms with van der Waals surface area (Å²) in [6.07, 6.45) is 1.12. The van der Waals surface area contributed by atoms with Gasteiger partial charge in [-0.3, -0.25) is 0 Å². The number of nitriles is 1. The first-order chi connectivity index (χ1) is 8.57. The maximum Gasteiger partial charge on any atom is 0.150 e. The lowest BCUT2D eigenvalue weighted by molar-refractivity contribution is 0.317. The molecule has 18 heavy (non-hydrogen) atoms. The molecule has 0 bridgehead atoms. The van der Waals surface area contributed by atoms with Crippen molar-refractivity contribution >= 4 is 9.84 Å². The highest BCUT2D eigenvalue weighted by Crippen LogP contribution is 2.12. The van der Waals surface area contributed by atoms with E-state index in [0.29, 0.717) is 30.8 Å². The van der Waals surface area contributed by atoms with Crippen molar-refractivity contribution in [2.24, 2.45) is 0 Å². The molecule has 0 fully saturated rings. The van der Waals surface area contributed by atoms with Crippen LogP contribution in [-0.2, 0) is 9.84 Å². The highest BCUT2D eigenvalue weighted by molar-refractivity contribution is 7.91. The molecule has 0 spiro atoms. The standard InChI is InChI=1S/C13H17NO3S/c1-2-8-18(15,16)9-4-7-17-13-6-3-5-12(10-13)11-14/h3,5-6,10H,2,4,7-9H2,1H3. The lowest BCUT2D eigenvalue weighted by Crippen LogP contribution is -2.13. The van der Waals surface area contributed by atoms with E-state index in [1.165, 1.54) is 0 Å². The first-order valence-corrected chi connectivity index (χ1v) is 7.73. The van der Waals surface area contributed by atoms with E-state index < -0.39 is 9.84 Å². The van der Waals surface area contributed by atoms with E-state index in [0.717, 1.165) is 0 Å². The molecular weight excluding hydrogens is 250 g/mol. The summed E-state index contributed by atoms with van der Waals surface area (Å²) in [6, 6.07) is 8.84. The molecule has 0 radical (unpaired) electrons. The number of nitrogens with zero attached hydrogens (tertiary/aromatic N) is 1. The van der Waals surface area contributed by atoms with E-state index in [1.807, 2.05) is 13.0 Å². The van der Waals surface area contributed by atoms with E-state index in [4.69, 9.17) is 10.00 Å². The molecule has 0 aliphatic rings. The van der Waals surface area contributed by atoms with Crippen LogP contribution in [0.15, 0.2) is 24.3 Å². The minimum Gasteiger partial charge on any atom is -0.494 e. The van der Waals surface area contributed by atoms with Crippen molar-refractivity contribution in [2.45, 2.75) is 19.8 Å². The van der Waals surface area contributed by atoms with E-state index >= 15 is 0 Å². The second-order valence-electron chi connectivity index (χ2n) is 3.99. The smallest absolute Gasteiger partial charge is 0.150 e. The van der Waals surface area contributed by atoms with Crippen LogP contribution in [0.25, 0.3) is 0 Å². The molecule has 0 saturated carbocycles. The van der Waals surface area contributed by atoms with Gasteiger partial charge in [0.1, 0.15) is 15.6 Å². The van der Waals surface area contributed by atoms with Gasteiger partial charge in [-0.2, -0.15) is 5.26 Å². The van der Waals surface area contributed by atoms with Crippen LogP contribution >= 0.6 is 0 Å². The summed E-state index contributed by atoms with van der Waals surface area (Å²) in [5.74, 6) is 0.984. The summed E-state index contributed by atoms with van der Waals surface area (Å²) < 4.78 is 28.3. The van der Waals surface area contributed by atoms with Crippen LogP contribution in [0.2, 0.25) is 0 Å². The molecule has 0 aliphatic heterocycles. The predicted molar refractivity (Wildman–Crippen MR) is 70.2 cm³/mol. The first kappa shape index (κ1) is 14.5. The topological polar surface area (TPSA) is 67.2 Å². The van der Waals surface area contributed by atoms with Crippen molar-refractivity contribution < 1.29 is 13.2 Å². The number of ether oxygens (including phenoxy) is 1.